The highest BCUT2D eigenvalue weighted by atomic mass is 35.5. The van der Waals surface area contributed by atoms with Crippen molar-refractivity contribution in [3.05, 3.63) is 17.0 Å². The number of nitrogens with one attached hydrogen (secondary N) is 2. The predicted molar refractivity (Wildman–Crippen MR) is 79.9 cm³/mol. The number of piperidine rings is 1. The maximum absolute atomic E-state index is 12.1. The number of halogens is 1. The van der Waals surface area contributed by atoms with Gasteiger partial charge in [-0.15, -0.1) is 12.4 Å². The van der Waals surface area contributed by atoms with Crippen LogP contribution < -0.4 is 10.6 Å². The smallest absolute Gasteiger partial charge is 0.223 e. The Bertz CT molecular complexity index is 407. The summed E-state index contributed by atoms with van der Waals surface area (Å²) in [7, 11) is 0. The molecule has 1 aliphatic rings. The van der Waals surface area contributed by atoms with Gasteiger partial charge in [-0.1, -0.05) is 19.0 Å². The van der Waals surface area contributed by atoms with E-state index in [1.54, 1.807) is 0 Å². The highest BCUT2D eigenvalue weighted by Gasteiger charge is 2.21. The number of rotatable bonds is 5. The second kappa shape index (κ2) is 8.27. The van der Waals surface area contributed by atoms with Crippen molar-refractivity contribution in [2.24, 2.45) is 5.92 Å². The van der Waals surface area contributed by atoms with Gasteiger partial charge in [0.1, 0.15) is 5.76 Å². The molecule has 0 aromatic carbocycles. The monoisotopic (exact) mass is 301 g/mol. The minimum Gasteiger partial charge on any atom is -0.361 e. The summed E-state index contributed by atoms with van der Waals surface area (Å²) in [4.78, 5) is 12.1. The van der Waals surface area contributed by atoms with Gasteiger partial charge < -0.3 is 15.2 Å². The third kappa shape index (κ3) is 3.96. The summed E-state index contributed by atoms with van der Waals surface area (Å²) in [6, 6.07) is 0. The van der Waals surface area contributed by atoms with E-state index in [-0.39, 0.29) is 24.2 Å². The van der Waals surface area contributed by atoms with Crippen LogP contribution in [0.5, 0.6) is 0 Å². The molecule has 1 saturated heterocycles. The Kier molecular flexibility index (Phi) is 7.02. The van der Waals surface area contributed by atoms with E-state index in [2.05, 4.69) is 22.7 Å². The van der Waals surface area contributed by atoms with Crippen molar-refractivity contribution >= 4 is 18.3 Å². The average molecular weight is 302 g/mol. The van der Waals surface area contributed by atoms with Gasteiger partial charge >= 0.3 is 0 Å². The van der Waals surface area contributed by atoms with E-state index in [0.29, 0.717) is 6.54 Å². The Morgan fingerprint density at radius 3 is 2.65 bits per heavy atom. The normalized spacial score (nSPS) is 15.7. The number of aryl methyl sites for hydroxylation is 2. The SMILES string of the molecule is CCc1noc(CC)c1CNC(=O)C1CCNCC1.Cl. The number of amides is 1. The van der Waals surface area contributed by atoms with Crippen molar-refractivity contribution in [1.82, 2.24) is 15.8 Å². The molecular formula is C14H24ClN3O2. The van der Waals surface area contributed by atoms with Crippen molar-refractivity contribution in [2.45, 2.75) is 46.1 Å². The van der Waals surface area contributed by atoms with Crippen LogP contribution in [0.4, 0.5) is 0 Å². The molecule has 0 atom stereocenters. The molecule has 5 nitrogen and oxygen atoms in total. The van der Waals surface area contributed by atoms with Gasteiger partial charge in [0.15, 0.2) is 0 Å². The fraction of sp³-hybridized carbons (Fsp3) is 0.714. The predicted octanol–water partition coefficient (Wildman–Crippen LogP) is 1.84. The van der Waals surface area contributed by atoms with Crippen LogP contribution in [-0.2, 0) is 24.2 Å². The maximum atomic E-state index is 12.1. The summed E-state index contributed by atoms with van der Waals surface area (Å²) in [5.74, 6) is 1.20. The lowest BCUT2D eigenvalue weighted by Crippen LogP contribution is -2.38. The lowest BCUT2D eigenvalue weighted by atomic mass is 9.97. The molecule has 0 saturated carbocycles. The van der Waals surface area contributed by atoms with Crippen molar-refractivity contribution < 1.29 is 9.32 Å². The Morgan fingerprint density at radius 1 is 1.35 bits per heavy atom. The molecule has 2 N–H and O–H groups in total. The van der Waals surface area contributed by atoms with E-state index in [9.17, 15) is 4.79 Å². The zero-order chi connectivity index (χ0) is 13.7. The Hall–Kier alpha value is -1.07. The maximum Gasteiger partial charge on any atom is 0.223 e. The van der Waals surface area contributed by atoms with E-state index in [1.807, 2.05) is 6.92 Å². The highest BCUT2D eigenvalue weighted by Crippen LogP contribution is 2.17. The van der Waals surface area contributed by atoms with Crippen molar-refractivity contribution in [2.75, 3.05) is 13.1 Å². The molecule has 0 bridgehead atoms. The van der Waals surface area contributed by atoms with Gasteiger partial charge in [0.05, 0.1) is 5.69 Å². The van der Waals surface area contributed by atoms with Crippen LogP contribution in [0.2, 0.25) is 0 Å². The van der Waals surface area contributed by atoms with E-state index >= 15 is 0 Å². The zero-order valence-corrected chi connectivity index (χ0v) is 13.0. The van der Waals surface area contributed by atoms with Crippen molar-refractivity contribution in [1.29, 1.82) is 0 Å². The minimum atomic E-state index is 0. The van der Waals surface area contributed by atoms with E-state index in [0.717, 1.165) is 55.8 Å². The van der Waals surface area contributed by atoms with Gasteiger partial charge in [0.2, 0.25) is 5.91 Å². The second-order valence-corrected chi connectivity index (χ2v) is 4.98. The molecule has 1 aromatic heterocycles. The number of aromatic nitrogens is 1. The van der Waals surface area contributed by atoms with E-state index in [1.165, 1.54) is 0 Å². The molecule has 0 radical (unpaired) electrons. The first-order valence-corrected chi connectivity index (χ1v) is 7.21. The van der Waals surface area contributed by atoms with Gasteiger partial charge in [0.25, 0.3) is 0 Å². The van der Waals surface area contributed by atoms with E-state index in [4.69, 9.17) is 4.52 Å². The van der Waals surface area contributed by atoms with Crippen LogP contribution in [-0.4, -0.2) is 24.2 Å². The Balaban J connectivity index is 0.00000200. The van der Waals surface area contributed by atoms with Crippen molar-refractivity contribution in [3.63, 3.8) is 0 Å². The first-order chi connectivity index (χ1) is 9.26. The standard InChI is InChI=1S/C14H23N3O2.ClH/c1-3-12-11(13(4-2)19-17-12)9-16-14(18)10-5-7-15-8-6-10;/h10,15H,3-9H2,1-2H3,(H,16,18);1H. The molecule has 0 unspecified atom stereocenters. The summed E-state index contributed by atoms with van der Waals surface area (Å²) in [5.41, 5.74) is 2.02. The third-order valence-corrected chi connectivity index (χ3v) is 3.76. The molecule has 1 aliphatic heterocycles. The number of hydrogen-bond acceptors (Lipinski definition) is 4. The van der Waals surface area contributed by atoms with Crippen molar-refractivity contribution in [3.8, 4) is 0 Å². The molecular weight excluding hydrogens is 278 g/mol. The Morgan fingerprint density at radius 2 is 2.05 bits per heavy atom. The highest BCUT2D eigenvalue weighted by molar-refractivity contribution is 5.85. The molecule has 1 amide bonds. The Labute approximate surface area is 126 Å². The number of carbonyl (C=O) groups is 1. The third-order valence-electron chi connectivity index (χ3n) is 3.76. The second-order valence-electron chi connectivity index (χ2n) is 4.98. The fourth-order valence-electron chi connectivity index (χ4n) is 2.54. The van der Waals surface area contributed by atoms with Gasteiger partial charge in [-0.3, -0.25) is 4.79 Å². The van der Waals surface area contributed by atoms with Crippen LogP contribution in [0.25, 0.3) is 0 Å². The summed E-state index contributed by atoms with van der Waals surface area (Å²) in [6.45, 7) is 6.50. The van der Waals surface area contributed by atoms with Crippen LogP contribution in [0.15, 0.2) is 4.52 Å². The zero-order valence-electron chi connectivity index (χ0n) is 12.2. The molecule has 6 heteroatoms. The molecule has 1 aromatic rings. The van der Waals surface area contributed by atoms with Gasteiger partial charge in [-0.2, -0.15) is 0 Å². The molecule has 2 heterocycles. The lowest BCUT2D eigenvalue weighted by Gasteiger charge is -2.21. The topological polar surface area (TPSA) is 67.2 Å². The molecule has 0 aliphatic carbocycles. The summed E-state index contributed by atoms with van der Waals surface area (Å²) in [5, 5.41) is 10.4. The largest absolute Gasteiger partial charge is 0.361 e. The lowest BCUT2D eigenvalue weighted by molar-refractivity contribution is -0.125. The van der Waals surface area contributed by atoms with Gasteiger partial charge in [-0.05, 0) is 32.4 Å². The first-order valence-electron chi connectivity index (χ1n) is 7.21. The molecule has 1 fully saturated rings. The summed E-state index contributed by atoms with van der Waals surface area (Å²) in [6.07, 6.45) is 3.50. The molecule has 114 valence electrons. The first kappa shape index (κ1) is 17.0. The minimum absolute atomic E-state index is 0. The summed E-state index contributed by atoms with van der Waals surface area (Å²) < 4.78 is 5.30. The fourth-order valence-corrected chi connectivity index (χ4v) is 2.54. The van der Waals surface area contributed by atoms with Gasteiger partial charge in [0, 0.05) is 24.4 Å². The molecule has 2 rings (SSSR count). The quantitative estimate of drug-likeness (QED) is 0.871. The summed E-state index contributed by atoms with van der Waals surface area (Å²) >= 11 is 0. The van der Waals surface area contributed by atoms with Crippen LogP contribution >= 0.6 is 12.4 Å². The number of carbonyl (C=O) groups excluding carboxylic acids is 1. The van der Waals surface area contributed by atoms with Crippen LogP contribution in [0.3, 0.4) is 0 Å². The average Bonchev–Trinajstić information content (AvgIpc) is 2.87. The molecule has 20 heavy (non-hydrogen) atoms. The number of hydrogen-bond donors (Lipinski definition) is 2. The van der Waals surface area contributed by atoms with Crippen LogP contribution in [0, 0.1) is 5.92 Å². The van der Waals surface area contributed by atoms with E-state index < -0.39 is 0 Å². The van der Waals surface area contributed by atoms with Gasteiger partial charge in [-0.25, -0.2) is 0 Å². The molecule has 0 spiro atoms. The number of nitrogens with zero attached hydrogens (tertiary/aromatic N) is 1. The van der Waals surface area contributed by atoms with Crippen LogP contribution in [0.1, 0.15) is 43.7 Å².